The number of aryl methyl sites for hydroxylation is 2. The average molecular weight is 316 g/mol. The van der Waals surface area contributed by atoms with Crippen LogP contribution in [-0.4, -0.2) is 14.7 Å². The molecule has 0 saturated heterocycles. The van der Waals surface area contributed by atoms with Crippen LogP contribution in [0.2, 0.25) is 5.15 Å². The number of aromatic nitrogens is 2. The van der Waals surface area contributed by atoms with E-state index < -0.39 is 22.7 Å². The third-order valence-corrected chi connectivity index (χ3v) is 3.33. The Labute approximate surface area is 124 Å². The van der Waals surface area contributed by atoms with Gasteiger partial charge in [-0.1, -0.05) is 41.9 Å². The predicted octanol–water partition coefficient (Wildman–Crippen LogP) is 4.02. The largest absolute Gasteiger partial charge is 0.334 e. The lowest BCUT2D eigenvalue weighted by atomic mass is 10.1. The quantitative estimate of drug-likeness (QED) is 0.597. The minimum absolute atomic E-state index is 0.237. The smallest absolute Gasteiger partial charge is 0.258 e. The van der Waals surface area contributed by atoms with E-state index in [0.29, 0.717) is 12.8 Å². The fourth-order valence-electron chi connectivity index (χ4n) is 1.99. The van der Waals surface area contributed by atoms with Crippen LogP contribution in [-0.2, 0) is 13.0 Å². The second-order valence-electron chi connectivity index (χ2n) is 4.39. The highest BCUT2D eigenvalue weighted by atomic mass is 35.5. The van der Waals surface area contributed by atoms with Gasteiger partial charge in [0.05, 0.1) is 4.92 Å². The number of nitrogens with zero attached hydrogens (tertiary/aromatic N) is 3. The summed E-state index contributed by atoms with van der Waals surface area (Å²) in [5.74, 6) is 0. The number of hydrogen-bond acceptors (Lipinski definition) is 3. The summed E-state index contributed by atoms with van der Waals surface area (Å²) in [4.78, 5) is 9.86. The van der Waals surface area contributed by atoms with E-state index in [9.17, 15) is 18.9 Å². The molecule has 0 aliphatic heterocycles. The molecule has 1 aromatic carbocycles. The maximum absolute atomic E-state index is 12.7. The van der Waals surface area contributed by atoms with E-state index in [1.54, 1.807) is 0 Å². The lowest BCUT2D eigenvalue weighted by molar-refractivity contribution is -0.386. The molecule has 0 amide bonds. The van der Waals surface area contributed by atoms with Gasteiger partial charge in [-0.05, 0) is 18.4 Å². The highest BCUT2D eigenvalue weighted by Crippen LogP contribution is 2.34. The number of alkyl halides is 2. The number of nitro groups is 1. The van der Waals surface area contributed by atoms with Crippen molar-refractivity contribution >= 4 is 17.3 Å². The maximum Gasteiger partial charge on any atom is 0.334 e. The molecule has 1 heterocycles. The summed E-state index contributed by atoms with van der Waals surface area (Å²) in [6.07, 6.45) is -1.74. The molecule has 0 atom stereocenters. The first-order valence-corrected chi connectivity index (χ1v) is 6.61. The first-order chi connectivity index (χ1) is 10.0. The van der Waals surface area contributed by atoms with Crippen LogP contribution in [0, 0.1) is 10.1 Å². The lowest BCUT2D eigenvalue weighted by Crippen LogP contribution is -2.02. The molecule has 0 bridgehead atoms. The number of rotatable bonds is 6. The maximum atomic E-state index is 12.7. The molecule has 2 aromatic rings. The third kappa shape index (κ3) is 3.55. The molecule has 5 nitrogen and oxygen atoms in total. The summed E-state index contributed by atoms with van der Waals surface area (Å²) in [6.45, 7) is 0.237. The fraction of sp³-hybridized carbons (Fsp3) is 0.308. The van der Waals surface area contributed by atoms with Crippen LogP contribution in [0.4, 0.5) is 14.5 Å². The summed E-state index contributed by atoms with van der Waals surface area (Å²) in [6, 6.07) is 9.58. The van der Waals surface area contributed by atoms with Gasteiger partial charge < -0.3 is 0 Å². The van der Waals surface area contributed by atoms with E-state index in [-0.39, 0.29) is 11.7 Å². The summed E-state index contributed by atoms with van der Waals surface area (Å²) in [5, 5.41) is 14.0. The van der Waals surface area contributed by atoms with E-state index in [1.807, 2.05) is 30.3 Å². The van der Waals surface area contributed by atoms with Crippen molar-refractivity contribution in [1.29, 1.82) is 0 Å². The van der Waals surface area contributed by atoms with Gasteiger partial charge in [-0.3, -0.25) is 10.1 Å². The molecule has 0 unspecified atom stereocenters. The molecule has 0 N–H and O–H groups in total. The van der Waals surface area contributed by atoms with Crippen molar-refractivity contribution in [3.05, 3.63) is 56.9 Å². The Morgan fingerprint density at radius 2 is 2.00 bits per heavy atom. The number of benzene rings is 1. The van der Waals surface area contributed by atoms with E-state index in [4.69, 9.17) is 11.6 Å². The van der Waals surface area contributed by atoms with Crippen molar-refractivity contribution in [1.82, 2.24) is 9.78 Å². The standard InChI is InChI=1S/C13H12ClF2N3O2/c14-12-11(19(20)21)10(13(15)16)17-18(12)8-4-7-9-5-2-1-3-6-9/h1-3,5-6,13H,4,7-8H2. The second-order valence-corrected chi connectivity index (χ2v) is 4.75. The molecule has 0 aliphatic rings. The van der Waals surface area contributed by atoms with Crippen LogP contribution >= 0.6 is 11.6 Å². The highest BCUT2D eigenvalue weighted by Gasteiger charge is 2.31. The number of hydrogen-bond donors (Lipinski definition) is 0. The molecule has 2 rings (SSSR count). The molecule has 112 valence electrons. The van der Waals surface area contributed by atoms with Gasteiger partial charge in [-0.25, -0.2) is 13.5 Å². The van der Waals surface area contributed by atoms with Gasteiger partial charge in [0.1, 0.15) is 0 Å². The lowest BCUT2D eigenvalue weighted by Gasteiger charge is -2.03. The van der Waals surface area contributed by atoms with Crippen LogP contribution in [0.5, 0.6) is 0 Å². The van der Waals surface area contributed by atoms with Gasteiger partial charge in [0, 0.05) is 6.54 Å². The monoisotopic (exact) mass is 315 g/mol. The van der Waals surface area contributed by atoms with Gasteiger partial charge in [0.2, 0.25) is 10.8 Å². The van der Waals surface area contributed by atoms with Crippen molar-refractivity contribution < 1.29 is 13.7 Å². The van der Waals surface area contributed by atoms with Gasteiger partial charge in [-0.15, -0.1) is 0 Å². The summed E-state index contributed by atoms with van der Waals surface area (Å²) >= 11 is 5.78. The molecule has 0 saturated carbocycles. The Balaban J connectivity index is 2.10. The Morgan fingerprint density at radius 3 is 2.52 bits per heavy atom. The summed E-state index contributed by atoms with van der Waals surface area (Å²) < 4.78 is 26.5. The first-order valence-electron chi connectivity index (χ1n) is 6.23. The van der Waals surface area contributed by atoms with Gasteiger partial charge in [-0.2, -0.15) is 5.10 Å². The fourth-order valence-corrected chi connectivity index (χ4v) is 2.28. The first kappa shape index (κ1) is 15.4. The topological polar surface area (TPSA) is 61.0 Å². The summed E-state index contributed by atoms with van der Waals surface area (Å²) in [5.41, 5.74) is -0.611. The van der Waals surface area contributed by atoms with Gasteiger partial charge >= 0.3 is 5.69 Å². The van der Waals surface area contributed by atoms with Crippen LogP contribution in [0.15, 0.2) is 30.3 Å². The summed E-state index contributed by atoms with van der Waals surface area (Å²) in [7, 11) is 0. The van der Waals surface area contributed by atoms with Gasteiger partial charge in [0.25, 0.3) is 6.43 Å². The zero-order chi connectivity index (χ0) is 15.4. The van der Waals surface area contributed by atoms with Gasteiger partial charge in [0.15, 0.2) is 0 Å². The predicted molar refractivity (Wildman–Crippen MR) is 73.6 cm³/mol. The van der Waals surface area contributed by atoms with E-state index in [0.717, 1.165) is 10.2 Å². The third-order valence-electron chi connectivity index (χ3n) is 2.96. The molecular weight excluding hydrogens is 304 g/mol. The Hall–Kier alpha value is -2.02. The zero-order valence-corrected chi connectivity index (χ0v) is 11.6. The molecular formula is C13H12ClF2N3O2. The normalized spacial score (nSPS) is 11.0. The van der Waals surface area contributed by atoms with Crippen molar-refractivity contribution in [2.45, 2.75) is 25.8 Å². The molecule has 0 spiro atoms. The van der Waals surface area contributed by atoms with Crippen molar-refractivity contribution in [2.24, 2.45) is 0 Å². The number of halogens is 3. The van der Waals surface area contributed by atoms with Crippen LogP contribution < -0.4 is 0 Å². The minimum atomic E-state index is -3.03. The second kappa shape index (κ2) is 6.62. The van der Waals surface area contributed by atoms with Crippen molar-refractivity contribution in [3.8, 4) is 0 Å². The van der Waals surface area contributed by atoms with Crippen LogP contribution in [0.3, 0.4) is 0 Å². The van der Waals surface area contributed by atoms with E-state index in [2.05, 4.69) is 5.10 Å². The molecule has 21 heavy (non-hydrogen) atoms. The van der Waals surface area contributed by atoms with E-state index >= 15 is 0 Å². The molecule has 8 heteroatoms. The van der Waals surface area contributed by atoms with Crippen molar-refractivity contribution in [3.63, 3.8) is 0 Å². The zero-order valence-electron chi connectivity index (χ0n) is 10.9. The van der Waals surface area contributed by atoms with Crippen molar-refractivity contribution in [2.75, 3.05) is 0 Å². The van der Waals surface area contributed by atoms with Crippen LogP contribution in [0.25, 0.3) is 0 Å². The average Bonchev–Trinajstić information content (AvgIpc) is 2.78. The molecule has 0 fully saturated rings. The SMILES string of the molecule is O=[N+]([O-])c1c(C(F)F)nn(CCCc2ccccc2)c1Cl. The highest BCUT2D eigenvalue weighted by molar-refractivity contribution is 6.31. The van der Waals surface area contributed by atoms with E-state index in [1.165, 1.54) is 0 Å². The molecule has 0 radical (unpaired) electrons. The minimum Gasteiger partial charge on any atom is -0.258 e. The Morgan fingerprint density at radius 1 is 1.33 bits per heavy atom. The van der Waals surface area contributed by atoms with Crippen LogP contribution in [0.1, 0.15) is 24.1 Å². The molecule has 0 aliphatic carbocycles. The Bertz CT molecular complexity index is 632. The Kier molecular flexibility index (Phi) is 4.85. The molecule has 1 aromatic heterocycles.